The van der Waals surface area contributed by atoms with Crippen LogP contribution in [0.3, 0.4) is 0 Å². The Balaban J connectivity index is 1.46. The van der Waals surface area contributed by atoms with Gasteiger partial charge in [-0.15, -0.1) is 0 Å². The Morgan fingerprint density at radius 2 is 2.05 bits per heavy atom. The number of hydrogen-bond donors (Lipinski definition) is 0. The minimum Gasteiger partial charge on any atom is -0.459 e. The van der Waals surface area contributed by atoms with E-state index in [0.29, 0.717) is 44.5 Å². The average Bonchev–Trinajstić information content (AvgIpc) is 3.22. The summed E-state index contributed by atoms with van der Waals surface area (Å²) in [4.78, 5) is 28.7. The highest BCUT2D eigenvalue weighted by molar-refractivity contribution is 5.93. The lowest BCUT2D eigenvalue weighted by molar-refractivity contribution is -0.144. The lowest BCUT2D eigenvalue weighted by Crippen LogP contribution is -2.53. The van der Waals surface area contributed by atoms with E-state index in [1.54, 1.807) is 12.1 Å². The fourth-order valence-corrected chi connectivity index (χ4v) is 3.76. The molecule has 0 aromatic carbocycles. The third-order valence-electron chi connectivity index (χ3n) is 4.90. The van der Waals surface area contributed by atoms with E-state index in [-0.39, 0.29) is 23.8 Å². The van der Waals surface area contributed by atoms with E-state index in [1.807, 2.05) is 9.80 Å². The minimum absolute atomic E-state index is 0.0259. The maximum absolute atomic E-state index is 12.6. The van der Waals surface area contributed by atoms with Crippen LogP contribution in [0, 0.1) is 11.8 Å². The van der Waals surface area contributed by atoms with Gasteiger partial charge >= 0.3 is 0 Å². The Hall–Kier alpha value is -1.82. The van der Waals surface area contributed by atoms with E-state index >= 15 is 0 Å². The summed E-state index contributed by atoms with van der Waals surface area (Å²) in [6.07, 6.45) is 2.44. The average molecular weight is 290 g/mol. The van der Waals surface area contributed by atoms with Crippen LogP contribution in [-0.2, 0) is 9.53 Å². The van der Waals surface area contributed by atoms with Gasteiger partial charge in [0.15, 0.2) is 5.76 Å². The predicted octanol–water partition coefficient (Wildman–Crippen LogP) is 0.599. The number of ether oxygens (including phenoxy) is 1. The molecule has 3 aliphatic heterocycles. The quantitative estimate of drug-likeness (QED) is 0.800. The molecule has 1 saturated carbocycles. The van der Waals surface area contributed by atoms with Crippen molar-refractivity contribution in [2.45, 2.75) is 12.5 Å². The van der Waals surface area contributed by atoms with Crippen molar-refractivity contribution in [3.8, 4) is 0 Å². The summed E-state index contributed by atoms with van der Waals surface area (Å²) >= 11 is 0. The molecule has 2 amide bonds. The first kappa shape index (κ1) is 12.9. The molecule has 21 heavy (non-hydrogen) atoms. The molecule has 1 unspecified atom stereocenters. The van der Waals surface area contributed by atoms with Gasteiger partial charge in [-0.2, -0.15) is 0 Å². The zero-order valence-electron chi connectivity index (χ0n) is 11.7. The normalized spacial score (nSPS) is 31.1. The number of carbonyl (C=O) groups excluding carboxylic acids is 2. The van der Waals surface area contributed by atoms with Crippen LogP contribution in [0.2, 0.25) is 0 Å². The first-order valence-corrected chi connectivity index (χ1v) is 7.46. The van der Waals surface area contributed by atoms with Crippen LogP contribution in [-0.4, -0.2) is 60.5 Å². The summed E-state index contributed by atoms with van der Waals surface area (Å²) in [5.41, 5.74) is 0. The summed E-state index contributed by atoms with van der Waals surface area (Å²) in [7, 11) is 0. The van der Waals surface area contributed by atoms with Gasteiger partial charge in [0.25, 0.3) is 5.91 Å². The highest BCUT2D eigenvalue weighted by Gasteiger charge is 2.57. The topological polar surface area (TPSA) is 63.0 Å². The van der Waals surface area contributed by atoms with Crippen LogP contribution in [0.15, 0.2) is 22.8 Å². The first-order valence-electron chi connectivity index (χ1n) is 7.46. The van der Waals surface area contributed by atoms with E-state index in [0.717, 1.165) is 6.42 Å². The summed E-state index contributed by atoms with van der Waals surface area (Å²) < 4.78 is 10.5. The molecule has 0 radical (unpaired) electrons. The van der Waals surface area contributed by atoms with Crippen molar-refractivity contribution in [3.05, 3.63) is 24.2 Å². The van der Waals surface area contributed by atoms with Gasteiger partial charge in [-0.25, -0.2) is 0 Å². The summed E-state index contributed by atoms with van der Waals surface area (Å²) in [6, 6.07) is 3.43. The van der Waals surface area contributed by atoms with Crippen LogP contribution in [0.25, 0.3) is 0 Å². The van der Waals surface area contributed by atoms with Crippen molar-refractivity contribution in [3.63, 3.8) is 0 Å². The zero-order valence-corrected chi connectivity index (χ0v) is 11.7. The maximum atomic E-state index is 12.6. The number of amides is 2. The molecule has 0 spiro atoms. The molecular weight excluding hydrogens is 272 g/mol. The summed E-state index contributed by atoms with van der Waals surface area (Å²) in [5, 5.41) is 0. The van der Waals surface area contributed by atoms with E-state index in [1.165, 1.54) is 6.26 Å². The Labute approximate surface area is 122 Å². The van der Waals surface area contributed by atoms with Gasteiger partial charge in [-0.05, 0) is 24.5 Å². The predicted molar refractivity (Wildman–Crippen MR) is 72.5 cm³/mol. The number of morpholine rings is 1. The van der Waals surface area contributed by atoms with E-state index in [9.17, 15) is 9.59 Å². The Kier molecular flexibility index (Phi) is 2.99. The van der Waals surface area contributed by atoms with Gasteiger partial charge in [0.1, 0.15) is 0 Å². The largest absolute Gasteiger partial charge is 0.459 e. The molecule has 3 saturated heterocycles. The van der Waals surface area contributed by atoms with Crippen molar-refractivity contribution in [1.82, 2.24) is 9.80 Å². The SMILES string of the molecule is O=C(C1[C@@H]2C[C@H]1N(C(=O)c1ccco1)C2)N1CCOCC1. The van der Waals surface area contributed by atoms with Crippen LogP contribution >= 0.6 is 0 Å². The van der Waals surface area contributed by atoms with Gasteiger partial charge < -0.3 is 19.0 Å². The van der Waals surface area contributed by atoms with Crippen molar-refractivity contribution >= 4 is 11.8 Å². The zero-order chi connectivity index (χ0) is 14.4. The molecule has 1 aliphatic carbocycles. The maximum Gasteiger partial charge on any atom is 0.289 e. The van der Waals surface area contributed by atoms with Gasteiger partial charge in [0.2, 0.25) is 5.91 Å². The molecule has 112 valence electrons. The molecule has 4 aliphatic rings. The third-order valence-corrected chi connectivity index (χ3v) is 4.90. The molecule has 4 heterocycles. The third kappa shape index (κ3) is 1.97. The number of carbonyl (C=O) groups is 2. The Bertz CT molecular complexity index is 550. The number of rotatable bonds is 2. The molecule has 4 fully saturated rings. The molecule has 6 heteroatoms. The monoisotopic (exact) mass is 290 g/mol. The van der Waals surface area contributed by atoms with Gasteiger partial charge in [0.05, 0.1) is 25.4 Å². The fraction of sp³-hybridized carbons (Fsp3) is 0.600. The van der Waals surface area contributed by atoms with E-state index in [4.69, 9.17) is 9.15 Å². The molecule has 6 nitrogen and oxygen atoms in total. The van der Waals surface area contributed by atoms with Crippen molar-refractivity contribution in [2.75, 3.05) is 32.8 Å². The molecule has 1 aromatic heterocycles. The van der Waals surface area contributed by atoms with Crippen molar-refractivity contribution in [1.29, 1.82) is 0 Å². The summed E-state index contributed by atoms with van der Waals surface area (Å²) in [5.74, 6) is 0.741. The molecule has 2 bridgehead atoms. The minimum atomic E-state index is -0.0928. The Morgan fingerprint density at radius 3 is 2.76 bits per heavy atom. The van der Waals surface area contributed by atoms with Crippen LogP contribution < -0.4 is 0 Å². The standard InChI is InChI=1S/C15H18N2O4/c18-14(12-2-1-5-21-12)17-9-10-8-11(17)13(10)15(19)16-3-6-20-7-4-16/h1-2,5,10-11,13H,3-4,6-9H2/t10-,11-,13?/m1/s1. The molecule has 5 rings (SSSR count). The van der Waals surface area contributed by atoms with Crippen molar-refractivity contribution < 1.29 is 18.7 Å². The second-order valence-electron chi connectivity index (χ2n) is 5.96. The Morgan fingerprint density at radius 1 is 1.24 bits per heavy atom. The lowest BCUT2D eigenvalue weighted by Gasteiger charge is -2.39. The second-order valence-corrected chi connectivity index (χ2v) is 5.96. The molecule has 3 atom stereocenters. The first-order chi connectivity index (χ1) is 10.3. The fourth-order valence-electron chi connectivity index (χ4n) is 3.76. The highest BCUT2D eigenvalue weighted by Crippen LogP contribution is 2.47. The van der Waals surface area contributed by atoms with Gasteiger partial charge in [-0.1, -0.05) is 0 Å². The smallest absolute Gasteiger partial charge is 0.289 e. The van der Waals surface area contributed by atoms with E-state index in [2.05, 4.69) is 0 Å². The van der Waals surface area contributed by atoms with Crippen LogP contribution in [0.1, 0.15) is 17.0 Å². The van der Waals surface area contributed by atoms with Crippen molar-refractivity contribution in [2.24, 2.45) is 11.8 Å². The van der Waals surface area contributed by atoms with Crippen LogP contribution in [0.4, 0.5) is 0 Å². The number of fused-ring (bicyclic) bond motifs is 1. The highest BCUT2D eigenvalue weighted by atomic mass is 16.5. The summed E-state index contributed by atoms with van der Waals surface area (Å²) in [6.45, 7) is 3.23. The molecule has 0 N–H and O–H groups in total. The molecular formula is C15H18N2O4. The number of nitrogens with zero attached hydrogens (tertiary/aromatic N) is 2. The van der Waals surface area contributed by atoms with E-state index < -0.39 is 0 Å². The number of hydrogen-bond acceptors (Lipinski definition) is 4. The second kappa shape index (κ2) is 4.87. The molecule has 1 aromatic rings. The number of furan rings is 1. The van der Waals surface area contributed by atoms with Gasteiger partial charge in [0, 0.05) is 25.7 Å². The van der Waals surface area contributed by atoms with Crippen LogP contribution in [0.5, 0.6) is 0 Å². The lowest BCUT2D eigenvalue weighted by atomic mass is 9.73. The van der Waals surface area contributed by atoms with Gasteiger partial charge in [-0.3, -0.25) is 9.59 Å².